The smallest absolute Gasteiger partial charge is 0.216 e. The second-order valence-corrected chi connectivity index (χ2v) is 5.30. The number of rotatable bonds is 3. The summed E-state index contributed by atoms with van der Waals surface area (Å²) in [6, 6.07) is 8.18. The lowest BCUT2D eigenvalue weighted by Gasteiger charge is -2.28. The summed E-state index contributed by atoms with van der Waals surface area (Å²) in [6.07, 6.45) is 3.51. The van der Waals surface area contributed by atoms with Crippen LogP contribution in [0.1, 0.15) is 24.8 Å². The highest BCUT2D eigenvalue weighted by atomic mass is 16.5. The molecule has 2 aliphatic rings. The lowest BCUT2D eigenvalue weighted by molar-refractivity contribution is 0.123. The normalized spacial score (nSPS) is 29.4. The van der Waals surface area contributed by atoms with E-state index in [1.165, 1.54) is 6.42 Å². The van der Waals surface area contributed by atoms with Crippen molar-refractivity contribution in [2.45, 2.75) is 31.4 Å². The van der Waals surface area contributed by atoms with Crippen LogP contribution in [0.3, 0.4) is 0 Å². The summed E-state index contributed by atoms with van der Waals surface area (Å²) in [5, 5.41) is 0. The Morgan fingerprint density at radius 1 is 1.32 bits per heavy atom. The summed E-state index contributed by atoms with van der Waals surface area (Å²) in [5.41, 5.74) is 6.78. The molecule has 0 aromatic heterocycles. The van der Waals surface area contributed by atoms with Crippen LogP contribution in [-0.4, -0.2) is 31.7 Å². The summed E-state index contributed by atoms with van der Waals surface area (Å²) < 4.78 is 11.2. The molecule has 1 saturated carbocycles. The summed E-state index contributed by atoms with van der Waals surface area (Å²) in [4.78, 5) is 4.72. The quantitative estimate of drug-likeness (QED) is 0.904. The molecule has 0 radical (unpaired) electrons. The van der Waals surface area contributed by atoms with Crippen molar-refractivity contribution in [3.63, 3.8) is 0 Å². The van der Waals surface area contributed by atoms with Gasteiger partial charge in [0.15, 0.2) is 0 Å². The summed E-state index contributed by atoms with van der Waals surface area (Å²) in [7, 11) is 1.67. The minimum atomic E-state index is 0.222. The Labute approximate surface area is 113 Å². The number of methoxy groups -OCH3 is 1. The van der Waals surface area contributed by atoms with Crippen molar-refractivity contribution in [2.24, 2.45) is 16.6 Å². The summed E-state index contributed by atoms with van der Waals surface area (Å²) in [6.45, 7) is 0.754. The molecule has 4 nitrogen and oxygen atoms in total. The maximum Gasteiger partial charge on any atom is 0.216 e. The highest BCUT2D eigenvalue weighted by Crippen LogP contribution is 2.33. The Balaban J connectivity index is 1.73. The van der Waals surface area contributed by atoms with Gasteiger partial charge < -0.3 is 15.2 Å². The van der Waals surface area contributed by atoms with Crippen LogP contribution < -0.4 is 10.5 Å². The molecule has 4 heteroatoms. The van der Waals surface area contributed by atoms with Gasteiger partial charge in [0.05, 0.1) is 13.2 Å². The fourth-order valence-electron chi connectivity index (χ4n) is 2.88. The lowest BCUT2D eigenvalue weighted by Crippen LogP contribution is -2.34. The lowest BCUT2D eigenvalue weighted by atomic mass is 9.84. The van der Waals surface area contributed by atoms with Gasteiger partial charge >= 0.3 is 0 Å². The van der Waals surface area contributed by atoms with Gasteiger partial charge in [-0.15, -0.1) is 0 Å². The predicted octanol–water partition coefficient (Wildman–Crippen LogP) is 1.97. The highest BCUT2D eigenvalue weighted by molar-refractivity contribution is 5.95. The van der Waals surface area contributed by atoms with Crippen LogP contribution in [-0.2, 0) is 4.74 Å². The van der Waals surface area contributed by atoms with Crippen molar-refractivity contribution in [1.82, 2.24) is 0 Å². The van der Waals surface area contributed by atoms with Crippen molar-refractivity contribution < 1.29 is 9.47 Å². The SMILES string of the molecule is COc1ccc(C2=NC3CCC(CN)CC3O2)cc1. The van der Waals surface area contributed by atoms with E-state index in [1.54, 1.807) is 7.11 Å². The zero-order valence-corrected chi connectivity index (χ0v) is 11.2. The molecule has 1 aliphatic carbocycles. The van der Waals surface area contributed by atoms with Gasteiger partial charge in [0.25, 0.3) is 0 Å². The van der Waals surface area contributed by atoms with Crippen molar-refractivity contribution in [3.05, 3.63) is 29.8 Å². The van der Waals surface area contributed by atoms with E-state index in [2.05, 4.69) is 0 Å². The number of aliphatic imine (C=N–C) groups is 1. The number of hydrogen-bond donors (Lipinski definition) is 1. The number of fused-ring (bicyclic) bond motifs is 1. The maximum atomic E-state index is 6.01. The molecule has 1 aromatic rings. The Morgan fingerprint density at radius 2 is 2.11 bits per heavy atom. The van der Waals surface area contributed by atoms with E-state index in [-0.39, 0.29) is 6.10 Å². The van der Waals surface area contributed by atoms with Crippen molar-refractivity contribution in [1.29, 1.82) is 0 Å². The molecule has 1 aliphatic heterocycles. The fraction of sp³-hybridized carbons (Fsp3) is 0.533. The third-order valence-electron chi connectivity index (χ3n) is 4.08. The van der Waals surface area contributed by atoms with E-state index < -0.39 is 0 Å². The summed E-state index contributed by atoms with van der Waals surface area (Å²) in [5.74, 6) is 2.21. The van der Waals surface area contributed by atoms with Crippen LogP contribution in [0.25, 0.3) is 0 Å². The zero-order valence-electron chi connectivity index (χ0n) is 11.2. The van der Waals surface area contributed by atoms with Crippen LogP contribution in [0.2, 0.25) is 0 Å². The molecule has 19 heavy (non-hydrogen) atoms. The monoisotopic (exact) mass is 260 g/mol. The summed E-state index contributed by atoms with van der Waals surface area (Å²) >= 11 is 0. The maximum absolute atomic E-state index is 6.01. The molecule has 102 valence electrons. The molecule has 1 fully saturated rings. The molecule has 2 N–H and O–H groups in total. The zero-order chi connectivity index (χ0) is 13.2. The van der Waals surface area contributed by atoms with Crippen LogP contribution in [0.15, 0.2) is 29.3 Å². The predicted molar refractivity (Wildman–Crippen MR) is 74.6 cm³/mol. The van der Waals surface area contributed by atoms with E-state index in [0.717, 1.165) is 36.6 Å². The minimum Gasteiger partial charge on any atom is -0.497 e. The third-order valence-corrected chi connectivity index (χ3v) is 4.08. The van der Waals surface area contributed by atoms with Gasteiger partial charge in [0, 0.05) is 5.56 Å². The minimum absolute atomic E-state index is 0.222. The van der Waals surface area contributed by atoms with E-state index in [4.69, 9.17) is 20.2 Å². The van der Waals surface area contributed by atoms with Gasteiger partial charge in [-0.2, -0.15) is 0 Å². The van der Waals surface area contributed by atoms with Crippen molar-refractivity contribution >= 4 is 5.90 Å². The molecule has 0 bridgehead atoms. The number of benzene rings is 1. The number of ether oxygens (including phenoxy) is 2. The second kappa shape index (κ2) is 5.21. The van der Waals surface area contributed by atoms with E-state index >= 15 is 0 Å². The largest absolute Gasteiger partial charge is 0.497 e. The molecule has 1 heterocycles. The van der Waals surface area contributed by atoms with E-state index in [0.29, 0.717) is 12.0 Å². The van der Waals surface area contributed by atoms with Gasteiger partial charge in [0.2, 0.25) is 5.90 Å². The van der Waals surface area contributed by atoms with E-state index in [1.807, 2.05) is 24.3 Å². The molecule has 3 atom stereocenters. The average molecular weight is 260 g/mol. The molecule has 1 aromatic carbocycles. The highest BCUT2D eigenvalue weighted by Gasteiger charge is 2.36. The standard InChI is InChI=1S/C15H20N2O2/c1-18-12-5-3-11(4-6-12)15-17-13-7-2-10(9-16)8-14(13)19-15/h3-6,10,13-14H,2,7-9,16H2,1H3. The first-order chi connectivity index (χ1) is 9.30. The fourth-order valence-corrected chi connectivity index (χ4v) is 2.88. The third kappa shape index (κ3) is 2.45. The topological polar surface area (TPSA) is 56.8 Å². The number of nitrogens with two attached hydrogens (primary N) is 1. The Bertz CT molecular complexity index is 470. The van der Waals surface area contributed by atoms with Crippen LogP contribution in [0.4, 0.5) is 0 Å². The van der Waals surface area contributed by atoms with Crippen LogP contribution in [0, 0.1) is 5.92 Å². The number of nitrogens with zero attached hydrogens (tertiary/aromatic N) is 1. The van der Waals surface area contributed by atoms with Gasteiger partial charge in [-0.05, 0) is 56.0 Å². The molecule has 0 saturated heterocycles. The first-order valence-corrected chi connectivity index (χ1v) is 6.89. The van der Waals surface area contributed by atoms with Gasteiger partial charge in [0.1, 0.15) is 11.9 Å². The van der Waals surface area contributed by atoms with Crippen LogP contribution >= 0.6 is 0 Å². The average Bonchev–Trinajstić information content (AvgIpc) is 2.90. The Kier molecular flexibility index (Phi) is 3.42. The molecule has 3 unspecified atom stereocenters. The van der Waals surface area contributed by atoms with Gasteiger partial charge in [-0.3, -0.25) is 0 Å². The molecule has 0 amide bonds. The van der Waals surface area contributed by atoms with Crippen molar-refractivity contribution in [2.75, 3.05) is 13.7 Å². The van der Waals surface area contributed by atoms with Crippen LogP contribution in [0.5, 0.6) is 5.75 Å². The molecular weight excluding hydrogens is 240 g/mol. The number of hydrogen-bond acceptors (Lipinski definition) is 4. The van der Waals surface area contributed by atoms with Gasteiger partial charge in [-0.1, -0.05) is 0 Å². The Morgan fingerprint density at radius 3 is 2.79 bits per heavy atom. The van der Waals surface area contributed by atoms with Crippen molar-refractivity contribution in [3.8, 4) is 5.75 Å². The first kappa shape index (κ1) is 12.5. The first-order valence-electron chi connectivity index (χ1n) is 6.89. The van der Waals surface area contributed by atoms with Gasteiger partial charge in [-0.25, -0.2) is 4.99 Å². The molecule has 0 spiro atoms. The second-order valence-electron chi connectivity index (χ2n) is 5.30. The molecular formula is C15H20N2O2. The Hall–Kier alpha value is -1.55. The molecule has 3 rings (SSSR count). The van der Waals surface area contributed by atoms with E-state index in [9.17, 15) is 0 Å².